The van der Waals surface area contributed by atoms with Gasteiger partial charge in [0, 0.05) is 14.6 Å². The third kappa shape index (κ3) is 3.41. The van der Waals surface area contributed by atoms with Crippen molar-refractivity contribution >= 4 is 43.5 Å². The summed E-state index contributed by atoms with van der Waals surface area (Å²) in [5.74, 6) is 0.386. The fraction of sp³-hybridized carbons (Fsp3) is 0.133. The molecule has 2 aromatic carbocycles. The molecule has 0 aliphatic rings. The number of carbonyl (C=O) groups is 1. The average molecular weight is 399 g/mol. The molecule has 0 unspecified atom stereocenters. The predicted molar refractivity (Wildman–Crippen MR) is 87.5 cm³/mol. The zero-order valence-electron chi connectivity index (χ0n) is 11.0. The number of anilines is 1. The Morgan fingerprint density at radius 1 is 1.10 bits per heavy atom. The molecule has 1 amide bonds. The fourth-order valence-corrected chi connectivity index (χ4v) is 2.74. The molecule has 0 spiro atoms. The molecule has 104 valence electrons. The zero-order chi connectivity index (χ0) is 14.7. The summed E-state index contributed by atoms with van der Waals surface area (Å²) in [6, 6.07) is 11.1. The van der Waals surface area contributed by atoms with Gasteiger partial charge < -0.3 is 10.1 Å². The van der Waals surface area contributed by atoms with Crippen molar-refractivity contribution in [3.8, 4) is 5.75 Å². The minimum atomic E-state index is -0.200. The normalized spacial score (nSPS) is 10.2. The Balaban J connectivity index is 2.31. The SMILES string of the molecule is COc1c(C)cc(Br)cc1C(=O)Nc1ccc(Br)cc1. The van der Waals surface area contributed by atoms with Crippen LogP contribution in [0, 0.1) is 6.92 Å². The van der Waals surface area contributed by atoms with Gasteiger partial charge in [-0.3, -0.25) is 4.79 Å². The maximum atomic E-state index is 12.4. The van der Waals surface area contributed by atoms with Crippen molar-refractivity contribution in [3.05, 3.63) is 56.5 Å². The molecule has 0 fully saturated rings. The van der Waals surface area contributed by atoms with Crippen LogP contribution in [0.3, 0.4) is 0 Å². The number of nitrogens with one attached hydrogen (secondary N) is 1. The van der Waals surface area contributed by atoms with Gasteiger partial charge in [0.25, 0.3) is 5.91 Å². The van der Waals surface area contributed by atoms with Gasteiger partial charge in [-0.1, -0.05) is 31.9 Å². The standard InChI is InChI=1S/C15H13Br2NO2/c1-9-7-11(17)8-13(14(9)20-2)15(19)18-12-5-3-10(16)4-6-12/h3-8H,1-2H3,(H,18,19). The van der Waals surface area contributed by atoms with E-state index in [0.717, 1.165) is 20.2 Å². The zero-order valence-corrected chi connectivity index (χ0v) is 14.2. The van der Waals surface area contributed by atoms with Crippen molar-refractivity contribution in [3.63, 3.8) is 0 Å². The number of aryl methyl sites for hydroxylation is 1. The van der Waals surface area contributed by atoms with Crippen molar-refractivity contribution in [1.29, 1.82) is 0 Å². The van der Waals surface area contributed by atoms with Crippen molar-refractivity contribution in [2.45, 2.75) is 6.92 Å². The second kappa shape index (κ2) is 6.41. The quantitative estimate of drug-likeness (QED) is 0.807. The first kappa shape index (κ1) is 15.1. The highest BCUT2D eigenvalue weighted by atomic mass is 79.9. The number of ether oxygens (including phenoxy) is 1. The topological polar surface area (TPSA) is 38.3 Å². The van der Waals surface area contributed by atoms with E-state index in [4.69, 9.17) is 4.74 Å². The van der Waals surface area contributed by atoms with Gasteiger partial charge in [0.2, 0.25) is 0 Å². The van der Waals surface area contributed by atoms with Gasteiger partial charge in [0.1, 0.15) is 5.75 Å². The van der Waals surface area contributed by atoms with E-state index in [9.17, 15) is 4.79 Å². The van der Waals surface area contributed by atoms with Gasteiger partial charge in [0.05, 0.1) is 12.7 Å². The van der Waals surface area contributed by atoms with Crippen LogP contribution in [0.5, 0.6) is 5.75 Å². The molecule has 2 rings (SSSR count). The second-order valence-corrected chi connectivity index (χ2v) is 6.10. The molecule has 0 atom stereocenters. The average Bonchev–Trinajstić information content (AvgIpc) is 2.40. The van der Waals surface area contributed by atoms with Crippen LogP contribution in [0.4, 0.5) is 5.69 Å². The third-order valence-corrected chi connectivity index (χ3v) is 3.78. The summed E-state index contributed by atoms with van der Waals surface area (Å²) >= 11 is 6.76. The van der Waals surface area contributed by atoms with Gasteiger partial charge in [-0.25, -0.2) is 0 Å². The van der Waals surface area contributed by atoms with Crippen LogP contribution in [0.15, 0.2) is 45.3 Å². The summed E-state index contributed by atoms with van der Waals surface area (Å²) in [4.78, 5) is 12.4. The first-order valence-electron chi connectivity index (χ1n) is 5.92. The lowest BCUT2D eigenvalue weighted by Crippen LogP contribution is -2.13. The number of amides is 1. The molecule has 3 nitrogen and oxygen atoms in total. The van der Waals surface area contributed by atoms with Crippen LogP contribution < -0.4 is 10.1 Å². The van der Waals surface area contributed by atoms with Gasteiger partial charge in [-0.15, -0.1) is 0 Å². The number of hydrogen-bond donors (Lipinski definition) is 1. The molecule has 0 aromatic heterocycles. The minimum Gasteiger partial charge on any atom is -0.496 e. The van der Waals surface area contributed by atoms with Crippen LogP contribution in [0.25, 0.3) is 0 Å². The summed E-state index contributed by atoms with van der Waals surface area (Å²) < 4.78 is 7.13. The third-order valence-electron chi connectivity index (χ3n) is 2.79. The first-order valence-corrected chi connectivity index (χ1v) is 7.51. The van der Waals surface area contributed by atoms with Gasteiger partial charge >= 0.3 is 0 Å². The van der Waals surface area contributed by atoms with Crippen molar-refractivity contribution < 1.29 is 9.53 Å². The Morgan fingerprint density at radius 2 is 1.75 bits per heavy atom. The maximum Gasteiger partial charge on any atom is 0.259 e. The van der Waals surface area contributed by atoms with Crippen LogP contribution >= 0.6 is 31.9 Å². The highest BCUT2D eigenvalue weighted by Crippen LogP contribution is 2.28. The molecule has 5 heteroatoms. The lowest BCUT2D eigenvalue weighted by atomic mass is 10.1. The van der Waals surface area contributed by atoms with Crippen LogP contribution in [0.2, 0.25) is 0 Å². The van der Waals surface area contributed by atoms with Gasteiger partial charge in [-0.2, -0.15) is 0 Å². The van der Waals surface area contributed by atoms with E-state index in [-0.39, 0.29) is 5.91 Å². The molecular weight excluding hydrogens is 386 g/mol. The van der Waals surface area contributed by atoms with E-state index in [0.29, 0.717) is 11.3 Å². The molecule has 0 aliphatic heterocycles. The van der Waals surface area contributed by atoms with Gasteiger partial charge in [0.15, 0.2) is 0 Å². The van der Waals surface area contributed by atoms with E-state index >= 15 is 0 Å². The summed E-state index contributed by atoms with van der Waals surface area (Å²) in [6.45, 7) is 1.90. The van der Waals surface area contributed by atoms with Gasteiger partial charge in [-0.05, 0) is 48.9 Å². The number of rotatable bonds is 3. The number of methoxy groups -OCH3 is 1. The predicted octanol–water partition coefficient (Wildman–Crippen LogP) is 4.78. The molecule has 20 heavy (non-hydrogen) atoms. The highest BCUT2D eigenvalue weighted by Gasteiger charge is 2.15. The molecule has 0 saturated heterocycles. The van der Waals surface area contributed by atoms with E-state index < -0.39 is 0 Å². The Kier molecular flexibility index (Phi) is 4.83. The Bertz CT molecular complexity index is 639. The highest BCUT2D eigenvalue weighted by molar-refractivity contribution is 9.10. The number of halogens is 2. The Labute approximate surface area is 134 Å². The van der Waals surface area contributed by atoms with E-state index in [1.807, 2.05) is 37.3 Å². The monoisotopic (exact) mass is 397 g/mol. The summed E-state index contributed by atoms with van der Waals surface area (Å²) in [6.07, 6.45) is 0. The molecule has 0 heterocycles. The Hall–Kier alpha value is -1.33. The summed E-state index contributed by atoms with van der Waals surface area (Å²) in [5.41, 5.74) is 2.14. The maximum absolute atomic E-state index is 12.4. The van der Waals surface area contributed by atoms with E-state index in [1.165, 1.54) is 0 Å². The molecule has 0 bridgehead atoms. The largest absolute Gasteiger partial charge is 0.496 e. The number of benzene rings is 2. The molecule has 2 aromatic rings. The first-order chi connectivity index (χ1) is 9.51. The minimum absolute atomic E-state index is 0.200. The molecule has 0 radical (unpaired) electrons. The van der Waals surface area contributed by atoms with Crippen molar-refractivity contribution in [2.24, 2.45) is 0 Å². The van der Waals surface area contributed by atoms with Crippen molar-refractivity contribution in [2.75, 3.05) is 12.4 Å². The molecule has 0 aliphatic carbocycles. The van der Waals surface area contributed by atoms with E-state index in [2.05, 4.69) is 37.2 Å². The molecule has 1 N–H and O–H groups in total. The number of hydrogen-bond acceptors (Lipinski definition) is 2. The molecular formula is C15H13Br2NO2. The van der Waals surface area contributed by atoms with Crippen molar-refractivity contribution in [1.82, 2.24) is 0 Å². The number of carbonyl (C=O) groups excluding carboxylic acids is 1. The summed E-state index contributed by atoms with van der Waals surface area (Å²) in [5, 5.41) is 2.85. The second-order valence-electron chi connectivity index (χ2n) is 4.26. The Morgan fingerprint density at radius 3 is 2.35 bits per heavy atom. The lowest BCUT2D eigenvalue weighted by Gasteiger charge is -2.12. The van der Waals surface area contributed by atoms with E-state index in [1.54, 1.807) is 13.2 Å². The van der Waals surface area contributed by atoms with Crippen LogP contribution in [0.1, 0.15) is 15.9 Å². The summed E-state index contributed by atoms with van der Waals surface area (Å²) in [7, 11) is 1.56. The van der Waals surface area contributed by atoms with Crippen LogP contribution in [-0.2, 0) is 0 Å². The molecule has 0 saturated carbocycles. The fourth-order valence-electron chi connectivity index (χ4n) is 1.90. The lowest BCUT2D eigenvalue weighted by molar-refractivity contribution is 0.102. The smallest absolute Gasteiger partial charge is 0.259 e. The van der Waals surface area contributed by atoms with Crippen LogP contribution in [-0.4, -0.2) is 13.0 Å².